The fourth-order valence-electron chi connectivity index (χ4n) is 2.19. The lowest BCUT2D eigenvalue weighted by Gasteiger charge is -2.20. The van der Waals surface area contributed by atoms with Crippen molar-refractivity contribution < 1.29 is 14.7 Å². The summed E-state index contributed by atoms with van der Waals surface area (Å²) in [5.41, 5.74) is -0.931. The number of amides is 2. The second-order valence-corrected chi connectivity index (χ2v) is 6.04. The SMILES string of the molecule is CC1CCC(CNC(=O)NCC(C)(C)C(=O)O)C1. The van der Waals surface area contributed by atoms with Crippen molar-refractivity contribution in [2.45, 2.75) is 40.0 Å². The smallest absolute Gasteiger partial charge is 0.314 e. The topological polar surface area (TPSA) is 78.4 Å². The summed E-state index contributed by atoms with van der Waals surface area (Å²) in [6, 6.07) is -0.274. The molecule has 2 unspecified atom stereocenters. The van der Waals surface area contributed by atoms with Gasteiger partial charge in [-0.15, -0.1) is 0 Å². The normalized spacial score (nSPS) is 23.7. The summed E-state index contributed by atoms with van der Waals surface area (Å²) < 4.78 is 0. The Morgan fingerprint density at radius 3 is 2.44 bits per heavy atom. The minimum absolute atomic E-state index is 0.134. The van der Waals surface area contributed by atoms with E-state index in [0.29, 0.717) is 12.5 Å². The van der Waals surface area contributed by atoms with Crippen LogP contribution in [0.5, 0.6) is 0 Å². The molecule has 5 nitrogen and oxygen atoms in total. The maximum absolute atomic E-state index is 11.5. The Bertz CT molecular complexity index is 315. The molecule has 1 aliphatic carbocycles. The second-order valence-electron chi connectivity index (χ2n) is 6.04. The van der Waals surface area contributed by atoms with E-state index in [9.17, 15) is 9.59 Å². The van der Waals surface area contributed by atoms with Crippen molar-refractivity contribution in [1.29, 1.82) is 0 Å². The van der Waals surface area contributed by atoms with Crippen LogP contribution in [-0.4, -0.2) is 30.2 Å². The molecular formula is C13H24N2O3. The van der Waals surface area contributed by atoms with E-state index in [2.05, 4.69) is 17.6 Å². The number of aliphatic carboxylic acids is 1. The average Bonchev–Trinajstić information content (AvgIpc) is 2.69. The van der Waals surface area contributed by atoms with E-state index in [0.717, 1.165) is 5.92 Å². The monoisotopic (exact) mass is 256 g/mol. The van der Waals surface area contributed by atoms with Gasteiger partial charge in [-0.2, -0.15) is 0 Å². The molecule has 0 saturated heterocycles. The van der Waals surface area contributed by atoms with Crippen LogP contribution in [0.2, 0.25) is 0 Å². The fraction of sp³-hybridized carbons (Fsp3) is 0.846. The zero-order chi connectivity index (χ0) is 13.8. The van der Waals surface area contributed by atoms with E-state index in [1.165, 1.54) is 19.3 Å². The highest BCUT2D eigenvalue weighted by atomic mass is 16.4. The molecule has 5 heteroatoms. The van der Waals surface area contributed by atoms with Gasteiger partial charge in [0.2, 0.25) is 0 Å². The number of carboxylic acid groups (broad SMARTS) is 1. The minimum atomic E-state index is -0.931. The van der Waals surface area contributed by atoms with E-state index >= 15 is 0 Å². The van der Waals surface area contributed by atoms with Gasteiger partial charge in [-0.3, -0.25) is 4.79 Å². The first-order valence-electron chi connectivity index (χ1n) is 6.56. The first-order valence-corrected chi connectivity index (χ1v) is 6.56. The van der Waals surface area contributed by atoms with Crippen LogP contribution in [0.25, 0.3) is 0 Å². The summed E-state index contributed by atoms with van der Waals surface area (Å²) in [5.74, 6) is 0.413. The maximum atomic E-state index is 11.5. The molecule has 1 fully saturated rings. The van der Waals surface area contributed by atoms with Gasteiger partial charge < -0.3 is 15.7 Å². The molecule has 2 amide bonds. The van der Waals surface area contributed by atoms with E-state index in [1.807, 2.05) is 0 Å². The third kappa shape index (κ3) is 4.55. The van der Waals surface area contributed by atoms with Crippen molar-refractivity contribution in [1.82, 2.24) is 10.6 Å². The summed E-state index contributed by atoms with van der Waals surface area (Å²) >= 11 is 0. The molecule has 3 N–H and O–H groups in total. The van der Waals surface area contributed by atoms with Crippen molar-refractivity contribution in [3.05, 3.63) is 0 Å². The van der Waals surface area contributed by atoms with E-state index in [1.54, 1.807) is 13.8 Å². The molecule has 104 valence electrons. The van der Waals surface area contributed by atoms with Crippen LogP contribution in [0.1, 0.15) is 40.0 Å². The highest BCUT2D eigenvalue weighted by Crippen LogP contribution is 2.29. The molecule has 0 aromatic carbocycles. The van der Waals surface area contributed by atoms with Gasteiger partial charge in [0.1, 0.15) is 0 Å². The summed E-state index contributed by atoms with van der Waals surface area (Å²) in [4.78, 5) is 22.4. The minimum Gasteiger partial charge on any atom is -0.481 e. The first kappa shape index (κ1) is 14.8. The van der Waals surface area contributed by atoms with Crippen LogP contribution in [0.15, 0.2) is 0 Å². The van der Waals surface area contributed by atoms with Crippen molar-refractivity contribution in [2.24, 2.45) is 17.3 Å². The van der Waals surface area contributed by atoms with Gasteiger partial charge >= 0.3 is 12.0 Å². The molecule has 1 saturated carbocycles. The lowest BCUT2D eigenvalue weighted by molar-refractivity contribution is -0.146. The number of carbonyl (C=O) groups excluding carboxylic acids is 1. The highest BCUT2D eigenvalue weighted by Gasteiger charge is 2.27. The largest absolute Gasteiger partial charge is 0.481 e. The molecule has 1 rings (SSSR count). The van der Waals surface area contributed by atoms with Crippen molar-refractivity contribution in [3.8, 4) is 0 Å². The van der Waals surface area contributed by atoms with E-state index in [4.69, 9.17) is 5.11 Å². The Balaban J connectivity index is 2.20. The molecule has 0 aromatic heterocycles. The van der Waals surface area contributed by atoms with Crippen LogP contribution in [0.4, 0.5) is 4.79 Å². The van der Waals surface area contributed by atoms with Crippen LogP contribution >= 0.6 is 0 Å². The molecule has 1 aliphatic rings. The van der Waals surface area contributed by atoms with Crippen LogP contribution < -0.4 is 10.6 Å². The van der Waals surface area contributed by atoms with Crippen LogP contribution in [-0.2, 0) is 4.79 Å². The molecule has 0 aliphatic heterocycles. The number of urea groups is 1. The molecular weight excluding hydrogens is 232 g/mol. The maximum Gasteiger partial charge on any atom is 0.314 e. The third-order valence-corrected chi connectivity index (χ3v) is 3.62. The lowest BCUT2D eigenvalue weighted by Crippen LogP contribution is -2.44. The van der Waals surface area contributed by atoms with Gasteiger partial charge in [-0.1, -0.05) is 13.3 Å². The summed E-state index contributed by atoms with van der Waals surface area (Å²) in [6.45, 7) is 6.23. The Morgan fingerprint density at radius 1 is 1.28 bits per heavy atom. The fourth-order valence-corrected chi connectivity index (χ4v) is 2.19. The predicted octanol–water partition coefficient (Wildman–Crippen LogP) is 1.83. The Kier molecular flexibility index (Phi) is 4.99. The molecule has 18 heavy (non-hydrogen) atoms. The summed E-state index contributed by atoms with van der Waals surface area (Å²) in [7, 11) is 0. The standard InChI is InChI=1S/C13H24N2O3/c1-9-4-5-10(6-9)7-14-12(18)15-8-13(2,3)11(16)17/h9-10H,4-8H2,1-3H3,(H,16,17)(H2,14,15,18). The zero-order valence-corrected chi connectivity index (χ0v) is 11.5. The molecule has 0 radical (unpaired) electrons. The van der Waals surface area contributed by atoms with Crippen molar-refractivity contribution in [3.63, 3.8) is 0 Å². The van der Waals surface area contributed by atoms with Crippen LogP contribution in [0.3, 0.4) is 0 Å². The number of hydrogen-bond donors (Lipinski definition) is 3. The van der Waals surface area contributed by atoms with E-state index in [-0.39, 0.29) is 12.6 Å². The average molecular weight is 256 g/mol. The van der Waals surface area contributed by atoms with Crippen molar-refractivity contribution in [2.75, 3.05) is 13.1 Å². The Morgan fingerprint density at radius 2 is 1.94 bits per heavy atom. The second kappa shape index (κ2) is 6.07. The number of nitrogens with one attached hydrogen (secondary N) is 2. The third-order valence-electron chi connectivity index (χ3n) is 3.62. The first-order chi connectivity index (χ1) is 8.31. The summed E-state index contributed by atoms with van der Waals surface area (Å²) in [6.07, 6.45) is 3.57. The Hall–Kier alpha value is -1.26. The lowest BCUT2D eigenvalue weighted by atomic mass is 9.94. The van der Waals surface area contributed by atoms with Gasteiger partial charge in [-0.05, 0) is 38.5 Å². The van der Waals surface area contributed by atoms with Gasteiger partial charge in [0.25, 0.3) is 0 Å². The van der Waals surface area contributed by atoms with Gasteiger partial charge in [0.05, 0.1) is 5.41 Å². The van der Waals surface area contributed by atoms with E-state index < -0.39 is 11.4 Å². The summed E-state index contributed by atoms with van der Waals surface area (Å²) in [5, 5.41) is 14.3. The number of hydrogen-bond acceptors (Lipinski definition) is 2. The number of carboxylic acids is 1. The number of carbonyl (C=O) groups is 2. The molecule has 0 aromatic rings. The zero-order valence-electron chi connectivity index (χ0n) is 11.5. The molecule has 0 heterocycles. The number of rotatable bonds is 5. The predicted molar refractivity (Wildman–Crippen MR) is 69.3 cm³/mol. The molecule has 0 spiro atoms. The van der Waals surface area contributed by atoms with Crippen LogP contribution in [0, 0.1) is 17.3 Å². The van der Waals surface area contributed by atoms with Crippen molar-refractivity contribution >= 4 is 12.0 Å². The van der Waals surface area contributed by atoms with Gasteiger partial charge in [0.15, 0.2) is 0 Å². The molecule has 0 bridgehead atoms. The van der Waals surface area contributed by atoms with Gasteiger partial charge in [-0.25, -0.2) is 4.79 Å². The molecule has 2 atom stereocenters. The van der Waals surface area contributed by atoms with Gasteiger partial charge in [0, 0.05) is 13.1 Å². The highest BCUT2D eigenvalue weighted by molar-refractivity contribution is 5.77. The Labute approximate surface area is 108 Å². The quantitative estimate of drug-likeness (QED) is 0.702.